The molecular formula is C8H15NO3. The quantitative estimate of drug-likeness (QED) is 0.573. The predicted octanol–water partition coefficient (Wildman–Crippen LogP) is -0.338. The fourth-order valence-electron chi connectivity index (χ4n) is 1.37. The smallest absolute Gasteiger partial charge is 0.336 e. The van der Waals surface area contributed by atoms with E-state index in [1.54, 1.807) is 6.92 Å². The van der Waals surface area contributed by atoms with Crippen LogP contribution in [0.25, 0.3) is 0 Å². The average molecular weight is 173 g/mol. The van der Waals surface area contributed by atoms with E-state index in [9.17, 15) is 9.90 Å². The van der Waals surface area contributed by atoms with Crippen LogP contribution in [0, 0.1) is 0 Å². The summed E-state index contributed by atoms with van der Waals surface area (Å²) in [6.07, 6.45) is 0.869. The van der Waals surface area contributed by atoms with Gasteiger partial charge in [-0.1, -0.05) is 0 Å². The minimum absolute atomic E-state index is 0.107. The summed E-state index contributed by atoms with van der Waals surface area (Å²) in [6.45, 7) is 2.93. The summed E-state index contributed by atoms with van der Waals surface area (Å²) in [5.74, 6) is -0.517. The van der Waals surface area contributed by atoms with Crippen LogP contribution in [-0.4, -0.2) is 36.4 Å². The van der Waals surface area contributed by atoms with Crippen molar-refractivity contribution in [1.29, 1.82) is 0 Å². The second kappa shape index (κ2) is 4.42. The Morgan fingerprint density at radius 3 is 3.08 bits per heavy atom. The average Bonchev–Trinajstić information content (AvgIpc) is 2.55. The third-order valence-corrected chi connectivity index (χ3v) is 2.01. The Hall–Kier alpha value is -0.610. The molecule has 4 heteroatoms. The molecule has 0 aliphatic carbocycles. The van der Waals surface area contributed by atoms with E-state index in [1.165, 1.54) is 0 Å². The highest BCUT2D eigenvalue weighted by molar-refractivity contribution is 5.75. The highest BCUT2D eigenvalue weighted by Crippen LogP contribution is 2.10. The molecule has 0 amide bonds. The lowest BCUT2D eigenvalue weighted by Crippen LogP contribution is -2.41. The van der Waals surface area contributed by atoms with Crippen LogP contribution in [0.4, 0.5) is 0 Å². The van der Waals surface area contributed by atoms with E-state index in [2.05, 4.69) is 10.1 Å². The minimum Gasteiger partial charge on any atom is -0.464 e. The van der Waals surface area contributed by atoms with Gasteiger partial charge in [0.05, 0.1) is 6.61 Å². The molecule has 4 nitrogen and oxygen atoms in total. The lowest BCUT2D eigenvalue weighted by molar-refractivity contribution is -0.154. The molecule has 0 aromatic carbocycles. The van der Waals surface area contributed by atoms with E-state index >= 15 is 0 Å². The van der Waals surface area contributed by atoms with Crippen molar-refractivity contribution in [2.75, 3.05) is 13.2 Å². The zero-order chi connectivity index (χ0) is 8.97. The standard InChI is InChI=1S/C8H15NO3/c1-2-12-8(11)7(10)6-4-3-5-9-6/h6-7,9-10H,2-5H2,1H3/t6-,7?/m1/s1. The second-order valence-electron chi connectivity index (χ2n) is 2.90. The first-order chi connectivity index (χ1) is 5.75. The molecule has 0 radical (unpaired) electrons. The maximum Gasteiger partial charge on any atom is 0.336 e. The number of ether oxygens (including phenoxy) is 1. The molecule has 0 saturated carbocycles. The van der Waals surface area contributed by atoms with E-state index < -0.39 is 12.1 Å². The molecule has 1 rings (SSSR count). The number of aliphatic hydroxyl groups is 1. The number of esters is 1. The van der Waals surface area contributed by atoms with Gasteiger partial charge in [-0.15, -0.1) is 0 Å². The second-order valence-corrected chi connectivity index (χ2v) is 2.90. The fourth-order valence-corrected chi connectivity index (χ4v) is 1.37. The van der Waals surface area contributed by atoms with Crippen LogP contribution in [0.1, 0.15) is 19.8 Å². The summed E-state index contributed by atoms with van der Waals surface area (Å²) >= 11 is 0. The third kappa shape index (κ3) is 2.19. The lowest BCUT2D eigenvalue weighted by atomic mass is 10.1. The van der Waals surface area contributed by atoms with Gasteiger partial charge in [-0.3, -0.25) is 0 Å². The van der Waals surface area contributed by atoms with Gasteiger partial charge in [0.1, 0.15) is 0 Å². The Morgan fingerprint density at radius 1 is 1.83 bits per heavy atom. The van der Waals surface area contributed by atoms with Crippen LogP contribution in [0.3, 0.4) is 0 Å². The lowest BCUT2D eigenvalue weighted by Gasteiger charge is -2.15. The highest BCUT2D eigenvalue weighted by atomic mass is 16.5. The summed E-state index contributed by atoms with van der Waals surface area (Å²) in [6, 6.07) is -0.107. The molecule has 1 fully saturated rings. The number of aliphatic hydroxyl groups excluding tert-OH is 1. The zero-order valence-corrected chi connectivity index (χ0v) is 7.25. The van der Waals surface area contributed by atoms with Crippen LogP contribution in [0.2, 0.25) is 0 Å². The number of hydrogen-bond donors (Lipinski definition) is 2. The molecular weight excluding hydrogens is 158 g/mol. The molecule has 1 aliphatic heterocycles. The van der Waals surface area contributed by atoms with Gasteiger partial charge in [-0.05, 0) is 26.3 Å². The molecule has 1 unspecified atom stereocenters. The highest BCUT2D eigenvalue weighted by Gasteiger charge is 2.29. The summed E-state index contributed by atoms with van der Waals surface area (Å²) in [4.78, 5) is 11.0. The van der Waals surface area contributed by atoms with Crippen molar-refractivity contribution in [2.24, 2.45) is 0 Å². The molecule has 2 N–H and O–H groups in total. The maximum absolute atomic E-state index is 11.0. The summed E-state index contributed by atoms with van der Waals surface area (Å²) in [5.41, 5.74) is 0. The van der Waals surface area contributed by atoms with Crippen LogP contribution in [0.15, 0.2) is 0 Å². The molecule has 0 spiro atoms. The molecule has 1 saturated heterocycles. The van der Waals surface area contributed by atoms with Crippen molar-refractivity contribution >= 4 is 5.97 Å². The first-order valence-electron chi connectivity index (χ1n) is 4.33. The van der Waals surface area contributed by atoms with Crippen molar-refractivity contribution in [3.05, 3.63) is 0 Å². The summed E-state index contributed by atoms with van der Waals surface area (Å²) in [5, 5.41) is 12.5. The van der Waals surface area contributed by atoms with E-state index in [1.807, 2.05) is 0 Å². The first kappa shape index (κ1) is 9.48. The number of carbonyl (C=O) groups excluding carboxylic acids is 1. The molecule has 12 heavy (non-hydrogen) atoms. The minimum atomic E-state index is -0.993. The SMILES string of the molecule is CCOC(=O)C(O)[C@H]1CCCN1. The Morgan fingerprint density at radius 2 is 2.58 bits per heavy atom. The van der Waals surface area contributed by atoms with E-state index in [0.717, 1.165) is 19.4 Å². The van der Waals surface area contributed by atoms with Crippen molar-refractivity contribution in [3.63, 3.8) is 0 Å². The van der Waals surface area contributed by atoms with Gasteiger partial charge in [0.25, 0.3) is 0 Å². The Labute approximate surface area is 71.9 Å². The molecule has 1 heterocycles. The normalized spacial score (nSPS) is 25.3. The molecule has 0 bridgehead atoms. The summed E-state index contributed by atoms with van der Waals surface area (Å²) < 4.78 is 4.69. The zero-order valence-electron chi connectivity index (χ0n) is 7.25. The van der Waals surface area contributed by atoms with E-state index in [4.69, 9.17) is 0 Å². The Kier molecular flexibility index (Phi) is 3.49. The monoisotopic (exact) mass is 173 g/mol. The maximum atomic E-state index is 11.0. The molecule has 1 aliphatic rings. The van der Waals surface area contributed by atoms with Crippen LogP contribution >= 0.6 is 0 Å². The van der Waals surface area contributed by atoms with Gasteiger partial charge in [0.2, 0.25) is 0 Å². The van der Waals surface area contributed by atoms with Gasteiger partial charge in [-0.25, -0.2) is 4.79 Å². The predicted molar refractivity (Wildman–Crippen MR) is 43.7 cm³/mol. The van der Waals surface area contributed by atoms with Gasteiger partial charge >= 0.3 is 5.97 Å². The first-order valence-corrected chi connectivity index (χ1v) is 4.33. The Balaban J connectivity index is 2.34. The van der Waals surface area contributed by atoms with Gasteiger partial charge in [0, 0.05) is 6.04 Å². The number of rotatable bonds is 3. The van der Waals surface area contributed by atoms with Crippen LogP contribution in [-0.2, 0) is 9.53 Å². The van der Waals surface area contributed by atoms with Crippen LogP contribution in [0.5, 0.6) is 0 Å². The molecule has 0 aromatic heterocycles. The summed E-state index contributed by atoms with van der Waals surface area (Å²) in [7, 11) is 0. The van der Waals surface area contributed by atoms with Gasteiger partial charge in [0.15, 0.2) is 6.10 Å². The topological polar surface area (TPSA) is 58.6 Å². The van der Waals surface area contributed by atoms with Crippen molar-refractivity contribution < 1.29 is 14.6 Å². The van der Waals surface area contributed by atoms with Crippen molar-refractivity contribution in [3.8, 4) is 0 Å². The Bertz CT molecular complexity index is 154. The van der Waals surface area contributed by atoms with E-state index in [0.29, 0.717) is 6.61 Å². The van der Waals surface area contributed by atoms with Crippen molar-refractivity contribution in [1.82, 2.24) is 5.32 Å². The molecule has 2 atom stereocenters. The van der Waals surface area contributed by atoms with Gasteiger partial charge in [-0.2, -0.15) is 0 Å². The van der Waals surface area contributed by atoms with Crippen LogP contribution < -0.4 is 5.32 Å². The molecule has 70 valence electrons. The van der Waals surface area contributed by atoms with E-state index in [-0.39, 0.29) is 6.04 Å². The largest absolute Gasteiger partial charge is 0.464 e. The van der Waals surface area contributed by atoms with Crippen molar-refractivity contribution in [2.45, 2.75) is 31.9 Å². The number of carbonyl (C=O) groups is 1. The molecule has 0 aromatic rings. The third-order valence-electron chi connectivity index (χ3n) is 2.01. The number of hydrogen-bond acceptors (Lipinski definition) is 4. The van der Waals surface area contributed by atoms with Gasteiger partial charge < -0.3 is 15.2 Å². The fraction of sp³-hybridized carbons (Fsp3) is 0.875. The number of nitrogens with one attached hydrogen (secondary N) is 1.